The van der Waals surface area contributed by atoms with E-state index in [2.05, 4.69) is 0 Å². The first kappa shape index (κ1) is 7.32. The SMILES string of the molecule is CC/C=C1\CCCOC1=O. The van der Waals surface area contributed by atoms with E-state index in [1.807, 2.05) is 13.0 Å². The molecule has 0 radical (unpaired) electrons. The number of esters is 1. The Hall–Kier alpha value is -0.790. The number of hydrogen-bond donors (Lipinski definition) is 0. The van der Waals surface area contributed by atoms with E-state index >= 15 is 0 Å². The van der Waals surface area contributed by atoms with E-state index in [1.54, 1.807) is 0 Å². The molecular weight excluding hydrogens is 128 g/mol. The molecule has 1 saturated heterocycles. The van der Waals surface area contributed by atoms with Crippen molar-refractivity contribution in [3.63, 3.8) is 0 Å². The van der Waals surface area contributed by atoms with Crippen LogP contribution in [0.3, 0.4) is 0 Å². The summed E-state index contributed by atoms with van der Waals surface area (Å²) in [5.74, 6) is -0.117. The number of carbonyl (C=O) groups excluding carboxylic acids is 1. The lowest BCUT2D eigenvalue weighted by Crippen LogP contribution is -2.15. The zero-order chi connectivity index (χ0) is 7.40. The van der Waals surface area contributed by atoms with Crippen LogP contribution in [-0.4, -0.2) is 12.6 Å². The molecule has 0 N–H and O–H groups in total. The molecule has 0 amide bonds. The minimum absolute atomic E-state index is 0.117. The highest BCUT2D eigenvalue weighted by atomic mass is 16.5. The van der Waals surface area contributed by atoms with Crippen molar-refractivity contribution in [3.8, 4) is 0 Å². The van der Waals surface area contributed by atoms with E-state index in [-0.39, 0.29) is 5.97 Å². The maximum Gasteiger partial charge on any atom is 0.333 e. The predicted molar refractivity (Wildman–Crippen MR) is 38.6 cm³/mol. The molecule has 1 rings (SSSR count). The van der Waals surface area contributed by atoms with Crippen LogP contribution in [0.1, 0.15) is 26.2 Å². The first-order chi connectivity index (χ1) is 4.84. The standard InChI is InChI=1S/C8H12O2/c1-2-4-7-5-3-6-10-8(7)9/h4H,2-3,5-6H2,1H3/b7-4+. The average Bonchev–Trinajstić information content (AvgIpc) is 1.94. The van der Waals surface area contributed by atoms with Crippen molar-refractivity contribution in [2.45, 2.75) is 26.2 Å². The third-order valence-electron chi connectivity index (χ3n) is 1.54. The second-order valence-electron chi connectivity index (χ2n) is 2.38. The molecule has 2 heteroatoms. The Balaban J connectivity index is 2.56. The molecule has 0 bridgehead atoms. The second kappa shape index (κ2) is 3.40. The molecule has 1 fully saturated rings. The van der Waals surface area contributed by atoms with Gasteiger partial charge in [0.25, 0.3) is 0 Å². The van der Waals surface area contributed by atoms with Crippen LogP contribution in [0.2, 0.25) is 0 Å². The van der Waals surface area contributed by atoms with Crippen molar-refractivity contribution in [3.05, 3.63) is 11.6 Å². The molecule has 0 aromatic rings. The van der Waals surface area contributed by atoms with Crippen LogP contribution < -0.4 is 0 Å². The molecule has 56 valence electrons. The maximum absolute atomic E-state index is 10.9. The lowest BCUT2D eigenvalue weighted by molar-refractivity contribution is -0.141. The highest BCUT2D eigenvalue weighted by Crippen LogP contribution is 2.13. The Bertz CT molecular complexity index is 159. The predicted octanol–water partition coefficient (Wildman–Crippen LogP) is 1.66. The topological polar surface area (TPSA) is 26.3 Å². The third kappa shape index (κ3) is 1.59. The van der Waals surface area contributed by atoms with E-state index in [0.29, 0.717) is 6.61 Å². The Morgan fingerprint density at radius 3 is 3.10 bits per heavy atom. The van der Waals surface area contributed by atoms with Crippen molar-refractivity contribution < 1.29 is 9.53 Å². The Morgan fingerprint density at radius 1 is 1.70 bits per heavy atom. The van der Waals surface area contributed by atoms with Crippen LogP contribution in [0.15, 0.2) is 11.6 Å². The number of hydrogen-bond acceptors (Lipinski definition) is 2. The van der Waals surface area contributed by atoms with E-state index in [1.165, 1.54) is 0 Å². The molecular formula is C8H12O2. The molecule has 0 aliphatic carbocycles. The molecule has 0 aromatic carbocycles. The summed E-state index contributed by atoms with van der Waals surface area (Å²) in [6.07, 6.45) is 4.75. The summed E-state index contributed by atoms with van der Waals surface area (Å²) < 4.78 is 4.84. The van der Waals surface area contributed by atoms with Gasteiger partial charge in [-0.2, -0.15) is 0 Å². The van der Waals surface area contributed by atoms with Crippen LogP contribution in [0.5, 0.6) is 0 Å². The minimum Gasteiger partial charge on any atom is -0.462 e. The Kier molecular flexibility index (Phi) is 2.49. The summed E-state index contributed by atoms with van der Waals surface area (Å²) in [6, 6.07) is 0. The molecule has 0 atom stereocenters. The highest BCUT2D eigenvalue weighted by Gasteiger charge is 2.14. The zero-order valence-corrected chi connectivity index (χ0v) is 6.22. The van der Waals surface area contributed by atoms with Crippen LogP contribution in [0.4, 0.5) is 0 Å². The summed E-state index contributed by atoms with van der Waals surface area (Å²) in [7, 11) is 0. The monoisotopic (exact) mass is 140 g/mol. The maximum atomic E-state index is 10.9. The molecule has 1 heterocycles. The normalized spacial score (nSPS) is 22.9. The van der Waals surface area contributed by atoms with Gasteiger partial charge in [0.15, 0.2) is 0 Å². The second-order valence-corrected chi connectivity index (χ2v) is 2.38. The summed E-state index contributed by atoms with van der Waals surface area (Å²) in [4.78, 5) is 10.9. The van der Waals surface area contributed by atoms with Gasteiger partial charge in [0.1, 0.15) is 0 Å². The van der Waals surface area contributed by atoms with Gasteiger partial charge >= 0.3 is 5.97 Å². The van der Waals surface area contributed by atoms with Crippen LogP contribution >= 0.6 is 0 Å². The van der Waals surface area contributed by atoms with Gasteiger partial charge in [0.2, 0.25) is 0 Å². The fraction of sp³-hybridized carbons (Fsp3) is 0.625. The van der Waals surface area contributed by atoms with E-state index in [9.17, 15) is 4.79 Å². The van der Waals surface area contributed by atoms with Crippen LogP contribution in [0.25, 0.3) is 0 Å². The molecule has 2 nitrogen and oxygen atoms in total. The van der Waals surface area contributed by atoms with Gasteiger partial charge in [-0.3, -0.25) is 0 Å². The number of allylic oxidation sites excluding steroid dienone is 1. The fourth-order valence-corrected chi connectivity index (χ4v) is 1.05. The Morgan fingerprint density at radius 2 is 2.50 bits per heavy atom. The van der Waals surface area contributed by atoms with Gasteiger partial charge in [-0.25, -0.2) is 4.79 Å². The van der Waals surface area contributed by atoms with Gasteiger partial charge in [0.05, 0.1) is 6.61 Å². The van der Waals surface area contributed by atoms with Gasteiger partial charge in [-0.15, -0.1) is 0 Å². The van der Waals surface area contributed by atoms with E-state index in [4.69, 9.17) is 4.74 Å². The van der Waals surface area contributed by atoms with Crippen LogP contribution in [0, 0.1) is 0 Å². The first-order valence-electron chi connectivity index (χ1n) is 3.70. The van der Waals surface area contributed by atoms with E-state index in [0.717, 1.165) is 24.8 Å². The Labute approximate surface area is 60.9 Å². The van der Waals surface area contributed by atoms with Gasteiger partial charge in [-0.05, 0) is 19.3 Å². The number of rotatable bonds is 1. The lowest BCUT2D eigenvalue weighted by Gasteiger charge is -2.13. The highest BCUT2D eigenvalue weighted by molar-refractivity contribution is 5.88. The summed E-state index contributed by atoms with van der Waals surface area (Å²) >= 11 is 0. The van der Waals surface area contributed by atoms with Crippen molar-refractivity contribution >= 4 is 5.97 Å². The lowest BCUT2D eigenvalue weighted by atomic mass is 10.1. The van der Waals surface area contributed by atoms with Gasteiger partial charge in [-0.1, -0.05) is 13.0 Å². The van der Waals surface area contributed by atoms with Crippen molar-refractivity contribution in [1.82, 2.24) is 0 Å². The summed E-state index contributed by atoms with van der Waals surface area (Å²) in [5, 5.41) is 0. The molecule has 1 aliphatic heterocycles. The average molecular weight is 140 g/mol. The molecule has 0 saturated carbocycles. The molecule has 1 aliphatic rings. The van der Waals surface area contributed by atoms with E-state index < -0.39 is 0 Å². The van der Waals surface area contributed by atoms with Gasteiger partial charge in [0, 0.05) is 5.57 Å². The summed E-state index contributed by atoms with van der Waals surface area (Å²) in [5.41, 5.74) is 0.855. The minimum atomic E-state index is -0.117. The van der Waals surface area contributed by atoms with Crippen molar-refractivity contribution in [2.24, 2.45) is 0 Å². The van der Waals surface area contributed by atoms with Crippen molar-refractivity contribution in [1.29, 1.82) is 0 Å². The number of carbonyl (C=O) groups is 1. The smallest absolute Gasteiger partial charge is 0.333 e. The molecule has 0 spiro atoms. The zero-order valence-electron chi connectivity index (χ0n) is 6.22. The largest absolute Gasteiger partial charge is 0.462 e. The molecule has 0 aromatic heterocycles. The van der Waals surface area contributed by atoms with Gasteiger partial charge < -0.3 is 4.74 Å². The van der Waals surface area contributed by atoms with Crippen molar-refractivity contribution in [2.75, 3.05) is 6.61 Å². The molecule has 10 heavy (non-hydrogen) atoms. The van der Waals surface area contributed by atoms with Crippen LogP contribution in [-0.2, 0) is 9.53 Å². The fourth-order valence-electron chi connectivity index (χ4n) is 1.05. The number of ether oxygens (including phenoxy) is 1. The molecule has 0 unspecified atom stereocenters. The number of cyclic esters (lactones) is 1. The third-order valence-corrected chi connectivity index (χ3v) is 1.54. The summed E-state index contributed by atoms with van der Waals surface area (Å²) in [6.45, 7) is 2.62. The quantitative estimate of drug-likeness (QED) is 0.409. The first-order valence-corrected chi connectivity index (χ1v) is 3.70.